The number of carbonyl (C=O) groups excluding carboxylic acids is 2. The predicted molar refractivity (Wildman–Crippen MR) is 44.3 cm³/mol. The molecule has 0 N–H and O–H groups in total. The number of thioether (sulfide) groups is 1. The molecule has 1 aromatic rings. The summed E-state index contributed by atoms with van der Waals surface area (Å²) in [6.45, 7) is 0. The van der Waals surface area contributed by atoms with Crippen LogP contribution < -0.4 is 10.2 Å². The molecule has 6 heteroatoms. The second kappa shape index (κ2) is 4.61. The number of aromatic carboxylic acids is 1. The van der Waals surface area contributed by atoms with Gasteiger partial charge in [0.1, 0.15) is 5.03 Å². The van der Waals surface area contributed by atoms with Crippen molar-refractivity contribution in [2.24, 2.45) is 0 Å². The van der Waals surface area contributed by atoms with Gasteiger partial charge in [-0.25, -0.2) is 4.98 Å². The fraction of sp³-hybridized carbons (Fsp3) is 0.125. The van der Waals surface area contributed by atoms with E-state index in [0.29, 0.717) is 0 Å². The Morgan fingerprint density at radius 3 is 2.71 bits per heavy atom. The number of nitrogens with zero attached hydrogens (tertiary/aromatic N) is 1. The lowest BCUT2D eigenvalue weighted by atomic mass is 10.3. The molecular weight excluding hydrogens is 206 g/mol. The highest BCUT2D eigenvalue weighted by molar-refractivity contribution is 7.99. The van der Waals surface area contributed by atoms with Gasteiger partial charge in [-0.3, -0.25) is 0 Å². The standard InChI is InChI=1S/C8H7NO4S/c10-6(11)4-14-7-5(8(12)13)2-1-3-9-7/h1-3H,4H2,(H,10,11)(H,12,13)/p-2. The molecule has 0 aliphatic rings. The normalized spacial score (nSPS) is 9.71. The maximum absolute atomic E-state index is 10.5. The average Bonchev–Trinajstić information content (AvgIpc) is 2.15. The van der Waals surface area contributed by atoms with Gasteiger partial charge in [-0.2, -0.15) is 0 Å². The van der Waals surface area contributed by atoms with E-state index in [-0.39, 0.29) is 16.3 Å². The molecular formula is C8H5NO4S-2. The van der Waals surface area contributed by atoms with Crippen LogP contribution in [0.15, 0.2) is 23.4 Å². The quantitative estimate of drug-likeness (QED) is 0.550. The fourth-order valence-electron chi connectivity index (χ4n) is 0.788. The number of aromatic nitrogens is 1. The topological polar surface area (TPSA) is 93.2 Å². The summed E-state index contributed by atoms with van der Waals surface area (Å²) in [4.78, 5) is 24.4. The van der Waals surface area contributed by atoms with E-state index in [0.717, 1.165) is 11.8 Å². The summed E-state index contributed by atoms with van der Waals surface area (Å²) in [5, 5.41) is 20.8. The van der Waals surface area contributed by atoms with Crippen LogP contribution in [0.25, 0.3) is 0 Å². The smallest absolute Gasteiger partial charge is 0.105 e. The predicted octanol–water partition coefficient (Wildman–Crippen LogP) is -1.71. The molecule has 0 saturated carbocycles. The summed E-state index contributed by atoms with van der Waals surface area (Å²) in [7, 11) is 0. The first-order valence-corrected chi connectivity index (χ1v) is 4.59. The molecule has 1 rings (SSSR count). The van der Waals surface area contributed by atoms with Crippen LogP contribution in [-0.4, -0.2) is 22.7 Å². The van der Waals surface area contributed by atoms with E-state index in [4.69, 9.17) is 0 Å². The number of carboxylic acid groups (broad SMARTS) is 2. The maximum Gasteiger partial charge on any atom is 0.105 e. The first-order valence-electron chi connectivity index (χ1n) is 3.60. The van der Waals surface area contributed by atoms with E-state index in [1.54, 1.807) is 0 Å². The molecule has 14 heavy (non-hydrogen) atoms. The summed E-state index contributed by atoms with van der Waals surface area (Å²) in [5.41, 5.74) is -0.112. The second-order valence-electron chi connectivity index (χ2n) is 2.30. The maximum atomic E-state index is 10.5. The Balaban J connectivity index is 2.84. The van der Waals surface area contributed by atoms with Gasteiger partial charge in [0.15, 0.2) is 0 Å². The lowest BCUT2D eigenvalue weighted by Crippen LogP contribution is -2.26. The van der Waals surface area contributed by atoms with Crippen molar-refractivity contribution < 1.29 is 19.8 Å². The first kappa shape index (κ1) is 10.5. The van der Waals surface area contributed by atoms with Crippen molar-refractivity contribution in [2.45, 2.75) is 5.03 Å². The third-order valence-corrected chi connectivity index (χ3v) is 2.30. The number of hydrogen-bond acceptors (Lipinski definition) is 6. The van der Waals surface area contributed by atoms with Gasteiger partial charge in [-0.15, -0.1) is 0 Å². The van der Waals surface area contributed by atoms with E-state index < -0.39 is 11.9 Å². The fourth-order valence-corrected chi connectivity index (χ4v) is 1.49. The number of carbonyl (C=O) groups is 2. The first-order chi connectivity index (χ1) is 6.61. The van der Waals surface area contributed by atoms with Gasteiger partial charge in [0.05, 0.1) is 11.9 Å². The summed E-state index contributed by atoms with van der Waals surface area (Å²) in [6.07, 6.45) is 1.38. The van der Waals surface area contributed by atoms with Crippen molar-refractivity contribution in [3.63, 3.8) is 0 Å². The van der Waals surface area contributed by atoms with Gasteiger partial charge in [0.2, 0.25) is 0 Å². The summed E-state index contributed by atoms with van der Waals surface area (Å²) in [6, 6.07) is 2.74. The number of carboxylic acids is 2. The molecule has 0 aliphatic carbocycles. The van der Waals surface area contributed by atoms with Gasteiger partial charge in [0.25, 0.3) is 0 Å². The van der Waals surface area contributed by atoms with Gasteiger partial charge < -0.3 is 19.8 Å². The summed E-state index contributed by atoms with van der Waals surface area (Å²) in [5.74, 6) is -2.99. The number of hydrogen-bond donors (Lipinski definition) is 0. The molecule has 0 aromatic carbocycles. The molecule has 0 atom stereocenters. The van der Waals surface area contributed by atoms with E-state index >= 15 is 0 Å². The van der Waals surface area contributed by atoms with Crippen LogP contribution in [0, 0.1) is 0 Å². The lowest BCUT2D eigenvalue weighted by molar-refractivity contribution is -0.301. The van der Waals surface area contributed by atoms with Crippen LogP contribution in [0.3, 0.4) is 0 Å². The highest BCUT2D eigenvalue weighted by Gasteiger charge is 2.04. The lowest BCUT2D eigenvalue weighted by Gasteiger charge is -2.08. The van der Waals surface area contributed by atoms with Crippen molar-refractivity contribution >= 4 is 23.7 Å². The molecule has 1 aromatic heterocycles. The zero-order chi connectivity index (χ0) is 10.6. The Morgan fingerprint density at radius 1 is 1.43 bits per heavy atom. The zero-order valence-corrected chi connectivity index (χ0v) is 7.74. The molecule has 5 nitrogen and oxygen atoms in total. The van der Waals surface area contributed by atoms with Crippen LogP contribution in [0.2, 0.25) is 0 Å². The Labute approximate surface area is 83.8 Å². The Bertz CT molecular complexity index is 366. The highest BCUT2D eigenvalue weighted by Crippen LogP contribution is 2.18. The van der Waals surface area contributed by atoms with Crippen LogP contribution in [0.5, 0.6) is 0 Å². The Morgan fingerprint density at radius 2 is 2.14 bits per heavy atom. The molecule has 0 unspecified atom stereocenters. The van der Waals surface area contributed by atoms with Crippen molar-refractivity contribution in [3.8, 4) is 0 Å². The van der Waals surface area contributed by atoms with Crippen LogP contribution in [0.1, 0.15) is 10.4 Å². The van der Waals surface area contributed by atoms with Crippen LogP contribution in [0.4, 0.5) is 0 Å². The van der Waals surface area contributed by atoms with E-state index in [9.17, 15) is 19.8 Å². The minimum absolute atomic E-state index is 0.112. The minimum atomic E-state index is -1.38. The molecule has 0 fully saturated rings. The molecule has 0 bridgehead atoms. The minimum Gasteiger partial charge on any atom is -0.549 e. The van der Waals surface area contributed by atoms with Crippen LogP contribution >= 0.6 is 11.8 Å². The van der Waals surface area contributed by atoms with Gasteiger partial charge in [0, 0.05) is 17.5 Å². The highest BCUT2D eigenvalue weighted by atomic mass is 32.2. The zero-order valence-electron chi connectivity index (χ0n) is 6.93. The van der Waals surface area contributed by atoms with E-state index in [2.05, 4.69) is 4.98 Å². The largest absolute Gasteiger partial charge is 0.549 e. The van der Waals surface area contributed by atoms with Gasteiger partial charge in [-0.1, -0.05) is 11.8 Å². The van der Waals surface area contributed by atoms with Crippen molar-refractivity contribution in [1.82, 2.24) is 4.98 Å². The third-order valence-electron chi connectivity index (χ3n) is 1.32. The SMILES string of the molecule is O=C([O-])CSc1ncccc1C(=O)[O-]. The van der Waals surface area contributed by atoms with Crippen molar-refractivity contribution in [3.05, 3.63) is 23.9 Å². The number of rotatable bonds is 4. The van der Waals surface area contributed by atoms with E-state index in [1.807, 2.05) is 0 Å². The second-order valence-corrected chi connectivity index (χ2v) is 3.27. The number of pyridine rings is 1. The summed E-state index contributed by atoms with van der Waals surface area (Å²) < 4.78 is 0. The van der Waals surface area contributed by atoms with Crippen molar-refractivity contribution in [1.29, 1.82) is 0 Å². The molecule has 0 radical (unpaired) electrons. The Kier molecular flexibility index (Phi) is 3.47. The average molecular weight is 211 g/mol. The third kappa shape index (κ3) is 2.74. The van der Waals surface area contributed by atoms with Crippen molar-refractivity contribution in [2.75, 3.05) is 5.75 Å². The molecule has 0 spiro atoms. The van der Waals surface area contributed by atoms with E-state index in [1.165, 1.54) is 18.3 Å². The van der Waals surface area contributed by atoms with Gasteiger partial charge in [-0.05, 0) is 12.1 Å². The monoisotopic (exact) mass is 211 g/mol. The van der Waals surface area contributed by atoms with Crippen LogP contribution in [-0.2, 0) is 4.79 Å². The molecule has 0 aliphatic heterocycles. The summed E-state index contributed by atoms with van der Waals surface area (Å²) >= 11 is 0.789. The molecule has 74 valence electrons. The Hall–Kier alpha value is -1.56. The van der Waals surface area contributed by atoms with Gasteiger partial charge >= 0.3 is 0 Å². The molecule has 1 heterocycles. The molecule has 0 amide bonds. The number of aliphatic carboxylic acids is 1. The molecule has 0 saturated heterocycles.